The van der Waals surface area contributed by atoms with Gasteiger partial charge < -0.3 is 5.11 Å². The van der Waals surface area contributed by atoms with Gasteiger partial charge in [-0.2, -0.15) is 0 Å². The molecule has 0 bridgehead atoms. The molecule has 1 nitrogen and oxygen atoms in total. The fourth-order valence-electron chi connectivity index (χ4n) is 3.70. The SMILES string of the molecule is CCC1(CC)C(O)C(C)C1c1ccccc1. The lowest BCUT2D eigenvalue weighted by Crippen LogP contribution is -2.57. The van der Waals surface area contributed by atoms with Gasteiger partial charge in [0.25, 0.3) is 0 Å². The number of hydrogen-bond donors (Lipinski definition) is 1. The van der Waals surface area contributed by atoms with Gasteiger partial charge in [0.1, 0.15) is 0 Å². The third kappa shape index (κ3) is 1.41. The molecule has 1 heteroatoms. The van der Waals surface area contributed by atoms with Crippen LogP contribution < -0.4 is 0 Å². The van der Waals surface area contributed by atoms with E-state index in [1.807, 2.05) is 0 Å². The molecule has 88 valence electrons. The van der Waals surface area contributed by atoms with Crippen molar-refractivity contribution < 1.29 is 5.11 Å². The predicted molar refractivity (Wildman–Crippen MR) is 67.4 cm³/mol. The highest BCUT2D eigenvalue weighted by Crippen LogP contribution is 2.60. The van der Waals surface area contributed by atoms with E-state index in [1.165, 1.54) is 5.56 Å². The highest BCUT2D eigenvalue weighted by molar-refractivity contribution is 5.29. The van der Waals surface area contributed by atoms with Gasteiger partial charge in [-0.1, -0.05) is 51.1 Å². The summed E-state index contributed by atoms with van der Waals surface area (Å²) in [6.45, 7) is 6.58. The first-order chi connectivity index (χ1) is 7.67. The van der Waals surface area contributed by atoms with Crippen molar-refractivity contribution in [2.45, 2.75) is 45.6 Å². The van der Waals surface area contributed by atoms with Crippen molar-refractivity contribution in [2.24, 2.45) is 11.3 Å². The Kier molecular flexibility index (Phi) is 3.07. The van der Waals surface area contributed by atoms with Crippen molar-refractivity contribution in [3.05, 3.63) is 35.9 Å². The first-order valence-electron chi connectivity index (χ1n) is 6.40. The Bertz CT molecular complexity index is 340. The van der Waals surface area contributed by atoms with Crippen molar-refractivity contribution in [1.29, 1.82) is 0 Å². The molecular formula is C15H22O. The fraction of sp³-hybridized carbons (Fsp3) is 0.600. The van der Waals surface area contributed by atoms with Crippen LogP contribution >= 0.6 is 0 Å². The van der Waals surface area contributed by atoms with Gasteiger partial charge in [0.05, 0.1) is 6.10 Å². The molecule has 16 heavy (non-hydrogen) atoms. The van der Waals surface area contributed by atoms with Crippen molar-refractivity contribution >= 4 is 0 Å². The Hall–Kier alpha value is -0.820. The maximum absolute atomic E-state index is 10.3. The largest absolute Gasteiger partial charge is 0.392 e. The number of benzene rings is 1. The summed E-state index contributed by atoms with van der Waals surface area (Å²) >= 11 is 0. The van der Waals surface area contributed by atoms with Gasteiger partial charge in [0, 0.05) is 5.41 Å². The third-order valence-electron chi connectivity index (χ3n) is 4.71. The fourth-order valence-corrected chi connectivity index (χ4v) is 3.70. The van der Waals surface area contributed by atoms with E-state index in [2.05, 4.69) is 51.1 Å². The summed E-state index contributed by atoms with van der Waals surface area (Å²) in [4.78, 5) is 0. The Morgan fingerprint density at radius 3 is 2.19 bits per heavy atom. The second-order valence-electron chi connectivity index (χ2n) is 5.13. The zero-order valence-corrected chi connectivity index (χ0v) is 10.5. The maximum atomic E-state index is 10.3. The summed E-state index contributed by atoms with van der Waals surface area (Å²) in [6.07, 6.45) is 2.00. The van der Waals surface area contributed by atoms with Gasteiger partial charge >= 0.3 is 0 Å². The molecule has 1 saturated carbocycles. The van der Waals surface area contributed by atoms with Crippen molar-refractivity contribution in [1.82, 2.24) is 0 Å². The Morgan fingerprint density at radius 1 is 1.12 bits per heavy atom. The molecule has 1 aliphatic rings. The number of hydrogen-bond acceptors (Lipinski definition) is 1. The van der Waals surface area contributed by atoms with E-state index in [0.717, 1.165) is 12.8 Å². The number of aliphatic hydroxyl groups excluding tert-OH is 1. The van der Waals surface area contributed by atoms with Gasteiger partial charge in [0.15, 0.2) is 0 Å². The highest BCUT2D eigenvalue weighted by atomic mass is 16.3. The lowest BCUT2D eigenvalue weighted by molar-refractivity contribution is -0.142. The lowest BCUT2D eigenvalue weighted by atomic mass is 9.48. The van der Waals surface area contributed by atoms with Crippen LogP contribution in [0.3, 0.4) is 0 Å². The minimum atomic E-state index is -0.132. The molecule has 2 rings (SSSR count). The molecule has 0 heterocycles. The standard InChI is InChI=1S/C15H22O/c1-4-15(5-2)13(11(3)14(15)16)12-9-7-6-8-10-12/h6-11,13-14,16H,4-5H2,1-3H3. The summed E-state index contributed by atoms with van der Waals surface area (Å²) < 4.78 is 0. The molecule has 0 aromatic heterocycles. The Morgan fingerprint density at radius 2 is 1.69 bits per heavy atom. The van der Waals surface area contributed by atoms with Crippen LogP contribution in [0.2, 0.25) is 0 Å². The van der Waals surface area contributed by atoms with Crippen molar-refractivity contribution in [2.75, 3.05) is 0 Å². The second-order valence-corrected chi connectivity index (χ2v) is 5.13. The average molecular weight is 218 g/mol. The van der Waals surface area contributed by atoms with Crippen molar-refractivity contribution in [3.8, 4) is 0 Å². The van der Waals surface area contributed by atoms with E-state index in [4.69, 9.17) is 0 Å². The normalized spacial score (nSPS) is 32.1. The zero-order valence-electron chi connectivity index (χ0n) is 10.5. The van der Waals surface area contributed by atoms with Crippen LogP contribution in [0.15, 0.2) is 30.3 Å². The molecule has 1 fully saturated rings. The monoisotopic (exact) mass is 218 g/mol. The first kappa shape index (κ1) is 11.7. The van der Waals surface area contributed by atoms with Gasteiger partial charge in [-0.05, 0) is 30.2 Å². The van der Waals surface area contributed by atoms with E-state index >= 15 is 0 Å². The molecular weight excluding hydrogens is 196 g/mol. The van der Waals surface area contributed by atoms with Crippen LogP contribution in [0.5, 0.6) is 0 Å². The van der Waals surface area contributed by atoms with Crippen LogP contribution in [0.4, 0.5) is 0 Å². The maximum Gasteiger partial charge on any atom is 0.0633 e. The summed E-state index contributed by atoms with van der Waals surface area (Å²) in [6, 6.07) is 10.7. The minimum Gasteiger partial charge on any atom is -0.392 e. The molecule has 1 aromatic rings. The van der Waals surface area contributed by atoms with Gasteiger partial charge in [0.2, 0.25) is 0 Å². The topological polar surface area (TPSA) is 20.2 Å². The Labute approximate surface area is 98.5 Å². The van der Waals surface area contributed by atoms with E-state index in [9.17, 15) is 5.11 Å². The zero-order chi connectivity index (χ0) is 11.8. The smallest absolute Gasteiger partial charge is 0.0633 e. The van der Waals surface area contributed by atoms with Gasteiger partial charge in [-0.15, -0.1) is 0 Å². The molecule has 0 amide bonds. The quantitative estimate of drug-likeness (QED) is 0.822. The third-order valence-corrected chi connectivity index (χ3v) is 4.71. The van der Waals surface area contributed by atoms with E-state index in [1.54, 1.807) is 0 Å². The number of rotatable bonds is 3. The second kappa shape index (κ2) is 4.21. The van der Waals surface area contributed by atoms with E-state index in [0.29, 0.717) is 11.8 Å². The highest BCUT2D eigenvalue weighted by Gasteiger charge is 2.57. The van der Waals surface area contributed by atoms with Crippen molar-refractivity contribution in [3.63, 3.8) is 0 Å². The molecule has 1 aromatic carbocycles. The summed E-state index contributed by atoms with van der Waals surface area (Å²) in [5.74, 6) is 0.918. The summed E-state index contributed by atoms with van der Waals surface area (Å²) in [5, 5.41) is 10.3. The first-order valence-corrected chi connectivity index (χ1v) is 6.40. The van der Waals surface area contributed by atoms with Crippen LogP contribution in [-0.4, -0.2) is 11.2 Å². The Balaban J connectivity index is 2.34. The van der Waals surface area contributed by atoms with Crippen LogP contribution in [0.25, 0.3) is 0 Å². The predicted octanol–water partition coefficient (Wildman–Crippen LogP) is 3.59. The molecule has 0 saturated heterocycles. The molecule has 1 N–H and O–H groups in total. The lowest BCUT2D eigenvalue weighted by Gasteiger charge is -2.58. The summed E-state index contributed by atoms with van der Waals surface area (Å²) in [7, 11) is 0. The average Bonchev–Trinajstić information content (AvgIpc) is 2.35. The molecule has 0 radical (unpaired) electrons. The molecule has 3 unspecified atom stereocenters. The van der Waals surface area contributed by atoms with Gasteiger partial charge in [-0.3, -0.25) is 0 Å². The molecule has 1 aliphatic carbocycles. The minimum absolute atomic E-state index is 0.112. The van der Waals surface area contributed by atoms with Gasteiger partial charge in [-0.25, -0.2) is 0 Å². The van der Waals surface area contributed by atoms with Crippen LogP contribution in [0.1, 0.15) is 45.1 Å². The van der Waals surface area contributed by atoms with E-state index in [-0.39, 0.29) is 11.5 Å². The molecule has 0 spiro atoms. The molecule has 3 atom stereocenters. The van der Waals surface area contributed by atoms with E-state index < -0.39 is 0 Å². The summed E-state index contributed by atoms with van der Waals surface area (Å²) in [5.41, 5.74) is 1.50. The molecule has 0 aliphatic heterocycles. The van der Waals surface area contributed by atoms with Crippen LogP contribution in [0, 0.1) is 11.3 Å². The number of aliphatic hydroxyl groups is 1. The van der Waals surface area contributed by atoms with Crippen LogP contribution in [-0.2, 0) is 0 Å².